The Hall–Kier alpha value is -3.53. The highest BCUT2D eigenvalue weighted by atomic mass is 32.1. The Morgan fingerprint density at radius 2 is 1.34 bits per heavy atom. The van der Waals surface area contributed by atoms with Crippen LogP contribution in [0, 0.1) is 0 Å². The zero-order valence-electron chi connectivity index (χ0n) is 17.0. The first kappa shape index (κ1) is 24.7. The molecule has 0 radical (unpaired) electrons. The van der Waals surface area contributed by atoms with Crippen molar-refractivity contribution in [3.63, 3.8) is 0 Å². The van der Waals surface area contributed by atoms with Crippen LogP contribution in [0.2, 0.25) is 0 Å². The van der Waals surface area contributed by atoms with Crippen molar-refractivity contribution in [2.45, 2.75) is 36.6 Å². The molecule has 9 nitrogen and oxygen atoms in total. The van der Waals surface area contributed by atoms with Gasteiger partial charge in [0.1, 0.15) is 17.8 Å². The van der Waals surface area contributed by atoms with Gasteiger partial charge >= 0.3 is 11.9 Å². The molecule has 0 fully saturated rings. The number of carbonyl (C=O) groups excluding carboxylic acids is 2. The largest absolute Gasteiger partial charge is 0.508 e. The third-order valence-electron chi connectivity index (χ3n) is 4.58. The topological polar surface area (TPSA) is 153 Å². The number of hydrogen-bond acceptors (Lipinski definition) is 6. The highest BCUT2D eigenvalue weighted by Gasteiger charge is 2.29. The van der Waals surface area contributed by atoms with E-state index in [0.717, 1.165) is 5.56 Å². The number of carbonyl (C=O) groups is 4. The summed E-state index contributed by atoms with van der Waals surface area (Å²) in [5.74, 6) is -4.25. The van der Waals surface area contributed by atoms with Crippen LogP contribution in [0.4, 0.5) is 0 Å². The van der Waals surface area contributed by atoms with Gasteiger partial charge in [0.2, 0.25) is 11.8 Å². The molecule has 5 N–H and O–H groups in total. The van der Waals surface area contributed by atoms with E-state index in [4.69, 9.17) is 5.11 Å². The highest BCUT2D eigenvalue weighted by molar-refractivity contribution is 7.81. The van der Waals surface area contributed by atoms with Gasteiger partial charge in [0.25, 0.3) is 0 Å². The lowest BCUT2D eigenvalue weighted by molar-refractivity contribution is -0.143. The number of phenolic OH excluding ortho intramolecular Hbond substituents is 1. The van der Waals surface area contributed by atoms with Gasteiger partial charge < -0.3 is 26.0 Å². The summed E-state index contributed by atoms with van der Waals surface area (Å²) in [5.41, 5.74) is 1.37. The van der Waals surface area contributed by atoms with Gasteiger partial charge in [0, 0.05) is 6.42 Å². The number of benzene rings is 2. The molecular weight excluding hydrogens is 436 g/mol. The molecule has 10 heteroatoms. The predicted octanol–water partition coefficient (Wildman–Crippen LogP) is 1.00. The second-order valence-corrected chi connectivity index (χ2v) is 7.76. The minimum atomic E-state index is -1.48. The molecular formula is C22H24N2O7S. The van der Waals surface area contributed by atoms with Crippen molar-refractivity contribution in [1.82, 2.24) is 10.6 Å². The number of carboxylic acid groups (broad SMARTS) is 2. The van der Waals surface area contributed by atoms with Gasteiger partial charge in [0.05, 0.1) is 11.7 Å². The number of amides is 2. The summed E-state index contributed by atoms with van der Waals surface area (Å²) in [6.45, 7) is 0. The first-order valence-electron chi connectivity index (χ1n) is 9.71. The molecule has 0 heterocycles. The van der Waals surface area contributed by atoms with E-state index in [1.54, 1.807) is 24.3 Å². The Bertz CT molecular complexity index is 951. The molecule has 0 aliphatic heterocycles. The summed E-state index contributed by atoms with van der Waals surface area (Å²) < 4.78 is 0. The monoisotopic (exact) mass is 460 g/mol. The van der Waals surface area contributed by atoms with Gasteiger partial charge in [-0.3, -0.25) is 14.4 Å². The Balaban J connectivity index is 2.06. The van der Waals surface area contributed by atoms with Gasteiger partial charge in [-0.05, 0) is 29.7 Å². The van der Waals surface area contributed by atoms with E-state index in [2.05, 4.69) is 23.3 Å². The van der Waals surface area contributed by atoms with Crippen molar-refractivity contribution in [2.24, 2.45) is 0 Å². The van der Waals surface area contributed by atoms with E-state index in [1.165, 1.54) is 24.3 Å². The Kier molecular flexibility index (Phi) is 9.08. The van der Waals surface area contributed by atoms with E-state index in [-0.39, 0.29) is 18.6 Å². The van der Waals surface area contributed by atoms with Crippen LogP contribution in [0.25, 0.3) is 0 Å². The average Bonchev–Trinajstić information content (AvgIpc) is 2.74. The van der Waals surface area contributed by atoms with Gasteiger partial charge in [-0.25, -0.2) is 4.79 Å². The lowest BCUT2D eigenvalue weighted by Crippen LogP contribution is -2.54. The Morgan fingerprint density at radius 1 is 0.781 bits per heavy atom. The fourth-order valence-corrected chi connectivity index (χ4v) is 3.21. The highest BCUT2D eigenvalue weighted by Crippen LogP contribution is 2.12. The van der Waals surface area contributed by atoms with E-state index < -0.39 is 47.5 Å². The van der Waals surface area contributed by atoms with Crippen molar-refractivity contribution in [2.75, 3.05) is 0 Å². The molecule has 0 bridgehead atoms. The van der Waals surface area contributed by atoms with Crippen molar-refractivity contribution >= 4 is 36.4 Å². The summed E-state index contributed by atoms with van der Waals surface area (Å²) in [7, 11) is 0. The molecule has 3 atom stereocenters. The second-order valence-electron chi connectivity index (χ2n) is 7.13. The third-order valence-corrected chi connectivity index (χ3v) is 4.99. The van der Waals surface area contributed by atoms with Gasteiger partial charge in [-0.2, -0.15) is 12.6 Å². The lowest BCUT2D eigenvalue weighted by atomic mass is 10.0. The third kappa shape index (κ3) is 7.95. The number of nitrogens with one attached hydrogen (secondary N) is 2. The van der Waals surface area contributed by atoms with Crippen LogP contribution >= 0.6 is 12.6 Å². The SMILES string of the molecule is O=C(O)CC(NC(=O)[C@@H](S)Cc1ccccc1)C(=O)N[C@@H](Cc1ccc(O)cc1)C(=O)O. The van der Waals surface area contributed by atoms with Crippen LogP contribution in [0.5, 0.6) is 5.75 Å². The molecule has 1 unspecified atom stereocenters. The van der Waals surface area contributed by atoms with E-state index >= 15 is 0 Å². The summed E-state index contributed by atoms with van der Waals surface area (Å²) >= 11 is 4.24. The molecule has 2 rings (SSSR count). The zero-order valence-corrected chi connectivity index (χ0v) is 17.9. The smallest absolute Gasteiger partial charge is 0.326 e. The summed E-state index contributed by atoms with van der Waals surface area (Å²) in [6, 6.07) is 11.9. The Labute approximate surface area is 189 Å². The normalized spacial score (nSPS) is 13.4. The van der Waals surface area contributed by atoms with Gasteiger partial charge in [-0.15, -0.1) is 0 Å². The fourth-order valence-electron chi connectivity index (χ4n) is 2.92. The van der Waals surface area contributed by atoms with Gasteiger partial charge in [-0.1, -0.05) is 42.5 Å². The van der Waals surface area contributed by atoms with E-state index in [1.807, 2.05) is 6.07 Å². The number of aromatic hydroxyl groups is 1. The minimum absolute atomic E-state index is 0.00528. The number of aliphatic carboxylic acids is 2. The van der Waals surface area contributed by atoms with Crippen LogP contribution in [0.15, 0.2) is 54.6 Å². The summed E-state index contributed by atoms with van der Waals surface area (Å²) in [5, 5.41) is 31.7. The number of rotatable bonds is 11. The second kappa shape index (κ2) is 11.8. The predicted molar refractivity (Wildman–Crippen MR) is 118 cm³/mol. The number of carboxylic acids is 2. The molecule has 32 heavy (non-hydrogen) atoms. The summed E-state index contributed by atoms with van der Waals surface area (Å²) in [4.78, 5) is 47.9. The molecule has 0 aromatic heterocycles. The summed E-state index contributed by atoms with van der Waals surface area (Å²) in [6.07, 6.45) is -0.566. The molecule has 2 aromatic carbocycles. The number of thiol groups is 1. The maximum atomic E-state index is 12.6. The number of phenols is 1. The van der Waals surface area contributed by atoms with Crippen molar-refractivity contribution in [3.05, 3.63) is 65.7 Å². The molecule has 0 spiro atoms. The maximum Gasteiger partial charge on any atom is 0.326 e. The first-order chi connectivity index (χ1) is 15.2. The first-order valence-corrected chi connectivity index (χ1v) is 10.2. The van der Waals surface area contributed by atoms with Crippen LogP contribution in [0.1, 0.15) is 17.5 Å². The lowest BCUT2D eigenvalue weighted by Gasteiger charge is -2.22. The number of hydrogen-bond donors (Lipinski definition) is 6. The van der Waals surface area contributed by atoms with Crippen LogP contribution in [-0.2, 0) is 32.0 Å². The quantitative estimate of drug-likeness (QED) is 0.274. The molecule has 0 saturated carbocycles. The van der Waals surface area contributed by atoms with Crippen molar-refractivity contribution < 1.29 is 34.5 Å². The van der Waals surface area contributed by atoms with E-state index in [0.29, 0.717) is 5.56 Å². The van der Waals surface area contributed by atoms with Crippen molar-refractivity contribution in [1.29, 1.82) is 0 Å². The molecule has 0 aliphatic carbocycles. The maximum absolute atomic E-state index is 12.6. The van der Waals surface area contributed by atoms with Gasteiger partial charge in [0.15, 0.2) is 0 Å². The molecule has 170 valence electrons. The fraction of sp³-hybridized carbons (Fsp3) is 0.273. The average molecular weight is 461 g/mol. The van der Waals surface area contributed by atoms with Crippen LogP contribution < -0.4 is 10.6 Å². The van der Waals surface area contributed by atoms with Crippen LogP contribution in [0.3, 0.4) is 0 Å². The van der Waals surface area contributed by atoms with Crippen LogP contribution in [-0.4, -0.2) is 56.4 Å². The molecule has 0 saturated heterocycles. The standard InChI is InChI=1S/C22H24N2O7S/c25-15-8-6-14(7-9-15)10-17(22(30)31)24-20(28)16(12-19(26)27)23-21(29)18(32)11-13-4-2-1-3-5-13/h1-9,16-18,25,32H,10-12H2,(H,23,29)(H,24,28)(H,26,27)(H,30,31)/t16?,17-,18-/m0/s1. The molecule has 2 aromatic rings. The minimum Gasteiger partial charge on any atom is -0.508 e. The zero-order chi connectivity index (χ0) is 23.7. The van der Waals surface area contributed by atoms with Crippen molar-refractivity contribution in [3.8, 4) is 5.75 Å². The van der Waals surface area contributed by atoms with E-state index in [9.17, 15) is 29.4 Å². The molecule has 0 aliphatic rings. The Morgan fingerprint density at radius 3 is 1.91 bits per heavy atom. The molecule has 2 amide bonds.